The molecule has 2 N–H and O–H groups in total. The van der Waals surface area contributed by atoms with E-state index in [-0.39, 0.29) is 19.8 Å². The molecule has 1 fully saturated rings. The number of carbonyl (C=O) groups excluding carboxylic acids is 2. The monoisotopic (exact) mass is 621 g/mol. The Hall–Kier alpha value is -3.44. The molecule has 0 saturated carbocycles. The molecule has 0 aliphatic carbocycles. The SMILES string of the molecule is [2H]C(C)C(=O)C1(O)O[C@H](C(O)C(C)=O)[C@H](OCc2ccccc2)[C@H](OCc2ccccc2)[C@]1(OCc1ccc(OC)cc1)C(C)C. The number of ketones is 2. The van der Waals surface area contributed by atoms with Crippen LogP contribution in [0.3, 0.4) is 0 Å². The zero-order valence-corrected chi connectivity index (χ0v) is 26.4. The number of carbonyl (C=O) groups is 2. The Morgan fingerprint density at radius 3 is 1.91 bits per heavy atom. The van der Waals surface area contributed by atoms with Gasteiger partial charge < -0.3 is 33.9 Å². The minimum absolute atomic E-state index is 0.0145. The summed E-state index contributed by atoms with van der Waals surface area (Å²) in [6.45, 7) is 5.95. The van der Waals surface area contributed by atoms with Gasteiger partial charge in [0.05, 0.1) is 26.9 Å². The molecule has 1 aliphatic rings. The second-order valence-electron chi connectivity index (χ2n) is 11.5. The summed E-state index contributed by atoms with van der Waals surface area (Å²) in [4.78, 5) is 26.6. The Bertz CT molecular complexity index is 1420. The Kier molecular flexibility index (Phi) is 11.1. The molecule has 7 atom stereocenters. The Morgan fingerprint density at radius 1 is 0.889 bits per heavy atom. The number of hydrogen-bond acceptors (Lipinski definition) is 9. The summed E-state index contributed by atoms with van der Waals surface area (Å²) in [7, 11) is 1.56. The van der Waals surface area contributed by atoms with E-state index in [1.165, 1.54) is 13.8 Å². The Balaban J connectivity index is 1.90. The van der Waals surface area contributed by atoms with Crippen LogP contribution in [-0.2, 0) is 48.4 Å². The molecule has 4 rings (SSSR count). The van der Waals surface area contributed by atoms with Crippen LogP contribution >= 0.6 is 0 Å². The third-order valence-electron chi connectivity index (χ3n) is 8.26. The van der Waals surface area contributed by atoms with Crippen molar-refractivity contribution >= 4 is 11.6 Å². The van der Waals surface area contributed by atoms with Gasteiger partial charge in [0, 0.05) is 7.77 Å². The van der Waals surface area contributed by atoms with Crippen LogP contribution in [0.4, 0.5) is 0 Å². The van der Waals surface area contributed by atoms with Crippen molar-refractivity contribution in [2.45, 2.75) is 89.7 Å². The van der Waals surface area contributed by atoms with Crippen LogP contribution in [0.15, 0.2) is 84.9 Å². The topological polar surface area (TPSA) is 121 Å². The first-order valence-electron chi connectivity index (χ1n) is 15.7. The maximum atomic E-state index is 14.0. The van der Waals surface area contributed by atoms with Gasteiger partial charge in [-0.2, -0.15) is 0 Å². The van der Waals surface area contributed by atoms with Crippen molar-refractivity contribution in [1.29, 1.82) is 0 Å². The molecule has 0 amide bonds. The van der Waals surface area contributed by atoms with Crippen LogP contribution in [0.2, 0.25) is 0 Å². The fourth-order valence-electron chi connectivity index (χ4n) is 5.81. The summed E-state index contributed by atoms with van der Waals surface area (Å²) in [6.07, 6.45) is -7.30. The summed E-state index contributed by atoms with van der Waals surface area (Å²) in [5.74, 6) is -4.55. The normalized spacial score (nSPS) is 26.6. The molecule has 9 heteroatoms. The quantitative estimate of drug-likeness (QED) is 0.247. The zero-order valence-electron chi connectivity index (χ0n) is 27.4. The molecule has 0 spiro atoms. The van der Waals surface area contributed by atoms with E-state index in [0.717, 1.165) is 11.1 Å². The van der Waals surface area contributed by atoms with Crippen molar-refractivity contribution in [3.8, 4) is 5.75 Å². The van der Waals surface area contributed by atoms with E-state index in [1.807, 2.05) is 60.7 Å². The van der Waals surface area contributed by atoms with Gasteiger partial charge in [0.15, 0.2) is 17.2 Å². The molecule has 3 aromatic carbocycles. The fraction of sp³-hybridized carbons (Fsp3) is 0.444. The van der Waals surface area contributed by atoms with Crippen LogP contribution in [0.25, 0.3) is 0 Å². The average molecular weight is 622 g/mol. The predicted molar refractivity (Wildman–Crippen MR) is 167 cm³/mol. The van der Waals surface area contributed by atoms with Crippen LogP contribution in [0.5, 0.6) is 5.75 Å². The van der Waals surface area contributed by atoms with Crippen LogP contribution in [-0.4, -0.2) is 64.7 Å². The van der Waals surface area contributed by atoms with Crippen molar-refractivity contribution in [3.63, 3.8) is 0 Å². The molecular formula is C36H44O9. The number of rotatable bonds is 15. The summed E-state index contributed by atoms with van der Waals surface area (Å²) in [6, 6.07) is 25.7. The van der Waals surface area contributed by atoms with E-state index in [2.05, 4.69) is 0 Å². The van der Waals surface area contributed by atoms with Crippen molar-refractivity contribution in [2.24, 2.45) is 5.92 Å². The van der Waals surface area contributed by atoms with Crippen molar-refractivity contribution in [2.75, 3.05) is 7.11 Å². The number of aliphatic hydroxyl groups is 2. The summed E-state index contributed by atoms with van der Waals surface area (Å²) >= 11 is 0. The number of aliphatic hydroxyl groups excluding tert-OH is 1. The van der Waals surface area contributed by atoms with Gasteiger partial charge >= 0.3 is 0 Å². The zero-order chi connectivity index (χ0) is 33.5. The maximum absolute atomic E-state index is 14.0. The highest BCUT2D eigenvalue weighted by atomic mass is 16.7. The molecule has 0 bridgehead atoms. The van der Waals surface area contributed by atoms with Gasteiger partial charge in [-0.3, -0.25) is 9.59 Å². The van der Waals surface area contributed by atoms with Gasteiger partial charge in [0.25, 0.3) is 5.79 Å². The first-order valence-corrected chi connectivity index (χ1v) is 15.1. The smallest absolute Gasteiger partial charge is 0.260 e. The highest BCUT2D eigenvalue weighted by Gasteiger charge is 2.71. The van der Waals surface area contributed by atoms with Gasteiger partial charge in [0.1, 0.15) is 30.2 Å². The summed E-state index contributed by atoms with van der Waals surface area (Å²) in [5, 5.41) is 23.7. The highest BCUT2D eigenvalue weighted by Crippen LogP contribution is 2.49. The lowest BCUT2D eigenvalue weighted by atomic mass is 9.69. The number of ether oxygens (including phenoxy) is 5. The lowest BCUT2D eigenvalue weighted by molar-refractivity contribution is -0.405. The molecular weight excluding hydrogens is 576 g/mol. The van der Waals surface area contributed by atoms with Crippen LogP contribution in [0.1, 0.15) is 52.2 Å². The number of Topliss-reactive ketones (excluding diaryl/α,β-unsaturated/α-hetero) is 2. The van der Waals surface area contributed by atoms with Crippen molar-refractivity contribution in [1.82, 2.24) is 0 Å². The molecule has 0 radical (unpaired) electrons. The van der Waals surface area contributed by atoms with E-state index in [9.17, 15) is 19.8 Å². The van der Waals surface area contributed by atoms with E-state index in [0.29, 0.717) is 11.3 Å². The average Bonchev–Trinajstić information content (AvgIpc) is 3.06. The Morgan fingerprint density at radius 2 is 1.42 bits per heavy atom. The molecule has 3 unspecified atom stereocenters. The van der Waals surface area contributed by atoms with Crippen molar-refractivity contribution < 1.29 is 44.9 Å². The van der Waals surface area contributed by atoms with E-state index < -0.39 is 59.7 Å². The highest BCUT2D eigenvalue weighted by molar-refractivity contribution is 5.87. The summed E-state index contributed by atoms with van der Waals surface area (Å²) < 4.78 is 39.5. The Labute approximate surface area is 266 Å². The fourth-order valence-corrected chi connectivity index (χ4v) is 5.81. The van der Waals surface area contributed by atoms with Gasteiger partial charge in [-0.1, -0.05) is 93.6 Å². The third-order valence-corrected chi connectivity index (χ3v) is 8.26. The molecule has 0 aromatic heterocycles. The molecule has 9 nitrogen and oxygen atoms in total. The molecule has 45 heavy (non-hydrogen) atoms. The second-order valence-corrected chi connectivity index (χ2v) is 11.5. The second kappa shape index (κ2) is 15.2. The number of methoxy groups -OCH3 is 1. The van der Waals surface area contributed by atoms with Gasteiger partial charge in [0.2, 0.25) is 0 Å². The van der Waals surface area contributed by atoms with Gasteiger partial charge in [-0.15, -0.1) is 0 Å². The lowest BCUT2D eigenvalue weighted by Crippen LogP contribution is -2.79. The number of benzene rings is 3. The van der Waals surface area contributed by atoms with E-state index in [4.69, 9.17) is 25.1 Å². The third kappa shape index (κ3) is 7.35. The van der Waals surface area contributed by atoms with E-state index >= 15 is 0 Å². The van der Waals surface area contributed by atoms with Crippen molar-refractivity contribution in [3.05, 3.63) is 102 Å². The number of hydrogen-bond donors (Lipinski definition) is 2. The lowest BCUT2D eigenvalue weighted by Gasteiger charge is -2.58. The van der Waals surface area contributed by atoms with Crippen LogP contribution < -0.4 is 4.74 Å². The first kappa shape index (κ1) is 32.9. The van der Waals surface area contributed by atoms with Gasteiger partial charge in [-0.05, 0) is 41.7 Å². The molecule has 3 aromatic rings. The minimum atomic E-state index is -2.83. The molecule has 1 heterocycles. The first-order chi connectivity index (χ1) is 21.9. The molecule has 1 aliphatic heterocycles. The molecule has 1 saturated heterocycles. The van der Waals surface area contributed by atoms with Gasteiger partial charge in [-0.25, -0.2) is 0 Å². The largest absolute Gasteiger partial charge is 0.497 e. The predicted octanol–water partition coefficient (Wildman–Crippen LogP) is 4.79. The summed E-state index contributed by atoms with van der Waals surface area (Å²) in [5.41, 5.74) is 0.300. The maximum Gasteiger partial charge on any atom is 0.260 e. The minimum Gasteiger partial charge on any atom is -0.497 e. The standard InChI is InChI=1S/C36H44O9/c1-6-30(38)36(40)35(24(2)3,44-23-28-17-19-29(41-5)20-18-28)34(43-22-27-15-11-8-12-16-27)33(32(45-36)31(39)25(4)37)42-21-26-13-9-7-10-14-26/h7-20,24,31-34,39-40H,6,21-23H2,1-5H3/t31?,32-,33+,34+,35-,36?/m1/s1/i6D/t6?,31?,32-,33+,34+,35-,36?. The molecule has 242 valence electrons. The van der Waals surface area contributed by atoms with E-state index in [1.54, 1.807) is 45.2 Å². The van der Waals surface area contributed by atoms with Crippen LogP contribution in [0, 0.1) is 5.92 Å².